The van der Waals surface area contributed by atoms with Gasteiger partial charge in [0.25, 0.3) is 5.91 Å². The summed E-state index contributed by atoms with van der Waals surface area (Å²) in [6.45, 7) is 2.40. The van der Waals surface area contributed by atoms with E-state index in [0.717, 1.165) is 42.7 Å². The second kappa shape index (κ2) is 11.3. The molecule has 7 nitrogen and oxygen atoms in total. The Morgan fingerprint density at radius 2 is 1.50 bits per heavy atom. The molecule has 6 rings (SSSR count). The molecule has 1 saturated heterocycles. The third kappa shape index (κ3) is 5.43. The quantitative estimate of drug-likeness (QED) is 0.350. The SMILES string of the molecule is O=C(Nc1ccc(OCc2ccccc2)cc1)N1CC2C(CNC(=O)C(O)(c3ccccc3)C3CCCC3)C2C1. The Labute approximate surface area is 235 Å². The molecule has 0 spiro atoms. The number of rotatable bonds is 9. The first-order valence-corrected chi connectivity index (χ1v) is 14.4. The standard InChI is InChI=1S/C33H37N3O4/c37-31(33(39,25-13-7-8-14-25)24-11-5-2-6-12-24)34-19-28-29-20-36(21-30(28)29)32(38)35-26-15-17-27(18-16-26)40-22-23-9-3-1-4-10-23/h1-6,9-12,15-18,25,28-30,39H,7-8,13-14,19-22H2,(H,34,37)(H,35,38). The van der Waals surface area contributed by atoms with Gasteiger partial charge in [-0.2, -0.15) is 0 Å². The molecule has 3 N–H and O–H groups in total. The highest BCUT2D eigenvalue weighted by Gasteiger charge is 2.57. The fraction of sp³-hybridized carbons (Fsp3) is 0.394. The number of ether oxygens (including phenoxy) is 1. The minimum atomic E-state index is -1.49. The van der Waals surface area contributed by atoms with Crippen LogP contribution in [0.25, 0.3) is 0 Å². The molecule has 3 unspecified atom stereocenters. The average Bonchev–Trinajstić information content (AvgIpc) is 3.38. The van der Waals surface area contributed by atoms with Crippen LogP contribution in [0.15, 0.2) is 84.9 Å². The second-order valence-corrected chi connectivity index (χ2v) is 11.4. The van der Waals surface area contributed by atoms with Crippen LogP contribution in [-0.2, 0) is 17.0 Å². The lowest BCUT2D eigenvalue weighted by atomic mass is 9.79. The molecule has 7 heteroatoms. The fourth-order valence-electron chi connectivity index (χ4n) is 6.63. The first kappa shape index (κ1) is 26.4. The summed E-state index contributed by atoms with van der Waals surface area (Å²) in [4.78, 5) is 28.1. The molecule has 2 aliphatic carbocycles. The lowest BCUT2D eigenvalue weighted by Gasteiger charge is -2.33. The van der Waals surface area contributed by atoms with E-state index in [2.05, 4.69) is 10.6 Å². The van der Waals surface area contributed by atoms with Crippen molar-refractivity contribution in [1.29, 1.82) is 0 Å². The van der Waals surface area contributed by atoms with Gasteiger partial charge in [0.05, 0.1) is 0 Å². The number of hydrogen-bond acceptors (Lipinski definition) is 4. The Morgan fingerprint density at radius 1 is 0.875 bits per heavy atom. The van der Waals surface area contributed by atoms with E-state index in [9.17, 15) is 14.7 Å². The number of urea groups is 1. The van der Waals surface area contributed by atoms with Crippen molar-refractivity contribution in [2.75, 3.05) is 25.0 Å². The van der Waals surface area contributed by atoms with Crippen molar-refractivity contribution < 1.29 is 19.4 Å². The van der Waals surface area contributed by atoms with Gasteiger partial charge in [0.1, 0.15) is 12.4 Å². The predicted molar refractivity (Wildman–Crippen MR) is 154 cm³/mol. The van der Waals surface area contributed by atoms with E-state index in [1.165, 1.54) is 0 Å². The van der Waals surface area contributed by atoms with Gasteiger partial charge in [-0.1, -0.05) is 73.5 Å². The van der Waals surface area contributed by atoms with Gasteiger partial charge in [0, 0.05) is 31.2 Å². The zero-order valence-electron chi connectivity index (χ0n) is 22.7. The summed E-state index contributed by atoms with van der Waals surface area (Å²) in [5.41, 5.74) is 1.02. The Bertz CT molecular complexity index is 1300. The molecule has 1 heterocycles. The molecular weight excluding hydrogens is 502 g/mol. The number of nitrogens with one attached hydrogen (secondary N) is 2. The van der Waals surface area contributed by atoms with Crippen molar-refractivity contribution in [2.24, 2.45) is 23.7 Å². The number of carbonyl (C=O) groups is 2. The highest BCUT2D eigenvalue weighted by molar-refractivity contribution is 5.90. The van der Waals surface area contributed by atoms with Crippen LogP contribution in [0.5, 0.6) is 5.75 Å². The van der Waals surface area contributed by atoms with E-state index in [1.54, 1.807) is 0 Å². The van der Waals surface area contributed by atoms with Gasteiger partial charge in [-0.25, -0.2) is 4.79 Å². The zero-order valence-corrected chi connectivity index (χ0v) is 22.7. The van der Waals surface area contributed by atoms with E-state index in [4.69, 9.17) is 4.74 Å². The van der Waals surface area contributed by atoms with Crippen molar-refractivity contribution >= 4 is 17.6 Å². The summed E-state index contributed by atoms with van der Waals surface area (Å²) in [7, 11) is 0. The summed E-state index contributed by atoms with van der Waals surface area (Å²) in [5.74, 6) is 1.52. The topological polar surface area (TPSA) is 90.9 Å². The van der Waals surface area contributed by atoms with E-state index in [-0.39, 0.29) is 17.9 Å². The Morgan fingerprint density at radius 3 is 2.15 bits per heavy atom. The zero-order chi connectivity index (χ0) is 27.5. The van der Waals surface area contributed by atoms with Crippen molar-refractivity contribution in [3.63, 3.8) is 0 Å². The molecule has 3 atom stereocenters. The number of hydrogen-bond donors (Lipinski definition) is 3. The summed E-state index contributed by atoms with van der Waals surface area (Å²) < 4.78 is 5.83. The third-order valence-electron chi connectivity index (χ3n) is 9.02. The number of fused-ring (bicyclic) bond motifs is 1. The molecule has 40 heavy (non-hydrogen) atoms. The molecule has 0 radical (unpaired) electrons. The number of piperidine rings is 1. The first-order chi connectivity index (χ1) is 19.5. The highest BCUT2D eigenvalue weighted by atomic mass is 16.5. The molecule has 1 aliphatic heterocycles. The van der Waals surface area contributed by atoms with E-state index in [1.807, 2.05) is 89.8 Å². The van der Waals surface area contributed by atoms with Crippen molar-refractivity contribution in [3.8, 4) is 5.75 Å². The molecule has 0 bridgehead atoms. The second-order valence-electron chi connectivity index (χ2n) is 11.4. The number of benzene rings is 3. The molecule has 3 fully saturated rings. The molecule has 3 aromatic rings. The van der Waals surface area contributed by atoms with Crippen LogP contribution in [0.1, 0.15) is 36.8 Å². The first-order valence-electron chi connectivity index (χ1n) is 14.4. The van der Waals surface area contributed by atoms with Crippen LogP contribution in [-0.4, -0.2) is 41.6 Å². The molecule has 3 aliphatic rings. The Kier molecular flexibility index (Phi) is 7.48. The maximum absolute atomic E-state index is 13.4. The van der Waals surface area contributed by atoms with E-state index in [0.29, 0.717) is 49.6 Å². The van der Waals surface area contributed by atoms with Gasteiger partial charge >= 0.3 is 6.03 Å². The predicted octanol–water partition coefficient (Wildman–Crippen LogP) is 5.17. The summed E-state index contributed by atoms with van der Waals surface area (Å²) >= 11 is 0. The molecule has 2 saturated carbocycles. The van der Waals surface area contributed by atoms with Gasteiger partial charge in [0.2, 0.25) is 0 Å². The number of likely N-dealkylation sites (tertiary alicyclic amines) is 1. The van der Waals surface area contributed by atoms with Gasteiger partial charge < -0.3 is 25.4 Å². The number of carbonyl (C=O) groups excluding carboxylic acids is 2. The van der Waals surface area contributed by atoms with Gasteiger partial charge in [-0.3, -0.25) is 4.79 Å². The van der Waals surface area contributed by atoms with Crippen LogP contribution < -0.4 is 15.4 Å². The largest absolute Gasteiger partial charge is 0.489 e. The number of nitrogens with zero attached hydrogens (tertiary/aromatic N) is 1. The van der Waals surface area contributed by atoms with Gasteiger partial charge in [0.15, 0.2) is 5.60 Å². The van der Waals surface area contributed by atoms with Crippen LogP contribution in [0.3, 0.4) is 0 Å². The molecule has 0 aromatic heterocycles. The fourth-order valence-corrected chi connectivity index (χ4v) is 6.63. The minimum absolute atomic E-state index is 0.0581. The molecule has 3 amide bonds. The minimum Gasteiger partial charge on any atom is -0.489 e. The van der Waals surface area contributed by atoms with Crippen molar-refractivity contribution in [3.05, 3.63) is 96.1 Å². The number of amides is 3. The van der Waals surface area contributed by atoms with Crippen LogP contribution in [0.4, 0.5) is 10.5 Å². The Hall–Kier alpha value is -3.84. The number of anilines is 1. The summed E-state index contributed by atoms with van der Waals surface area (Å²) in [6, 6.07) is 26.7. The number of aliphatic hydroxyl groups is 1. The smallest absolute Gasteiger partial charge is 0.321 e. The molecular formula is C33H37N3O4. The maximum atomic E-state index is 13.4. The lowest BCUT2D eigenvalue weighted by Crippen LogP contribution is -2.49. The highest BCUT2D eigenvalue weighted by Crippen LogP contribution is 2.51. The lowest BCUT2D eigenvalue weighted by molar-refractivity contribution is -0.147. The van der Waals surface area contributed by atoms with Crippen molar-refractivity contribution in [1.82, 2.24) is 10.2 Å². The van der Waals surface area contributed by atoms with Crippen molar-refractivity contribution in [2.45, 2.75) is 37.9 Å². The molecule has 208 valence electrons. The van der Waals surface area contributed by atoms with Crippen LogP contribution in [0.2, 0.25) is 0 Å². The van der Waals surface area contributed by atoms with E-state index >= 15 is 0 Å². The van der Waals surface area contributed by atoms with Gasteiger partial charge in [-0.05, 0) is 66.0 Å². The summed E-state index contributed by atoms with van der Waals surface area (Å²) in [6.07, 6.45) is 3.82. The monoisotopic (exact) mass is 539 g/mol. The Balaban J connectivity index is 0.968. The van der Waals surface area contributed by atoms with Crippen LogP contribution >= 0.6 is 0 Å². The molecule has 3 aromatic carbocycles. The maximum Gasteiger partial charge on any atom is 0.321 e. The normalized spacial score (nSPS) is 23.2. The summed E-state index contributed by atoms with van der Waals surface area (Å²) in [5, 5.41) is 17.7. The van der Waals surface area contributed by atoms with Crippen LogP contribution in [0, 0.1) is 23.7 Å². The van der Waals surface area contributed by atoms with Gasteiger partial charge in [-0.15, -0.1) is 0 Å². The van der Waals surface area contributed by atoms with E-state index < -0.39 is 5.60 Å². The average molecular weight is 540 g/mol. The third-order valence-corrected chi connectivity index (χ3v) is 9.02.